The smallest absolute Gasteiger partial charge is 0.220 e. The molecule has 1 fully saturated rings. The number of nitrogens with one attached hydrogen (secondary N) is 1. The van der Waals surface area contributed by atoms with Crippen LogP contribution in [-0.2, 0) is 11.2 Å². The fraction of sp³-hybridized carbons (Fsp3) is 0.435. The van der Waals surface area contributed by atoms with Gasteiger partial charge in [0.2, 0.25) is 5.91 Å². The highest BCUT2D eigenvalue weighted by molar-refractivity contribution is 5.77. The zero-order valence-corrected chi connectivity index (χ0v) is 16.8. The van der Waals surface area contributed by atoms with Gasteiger partial charge < -0.3 is 19.7 Å². The number of rotatable bonds is 9. The van der Waals surface area contributed by atoms with E-state index in [4.69, 9.17) is 9.47 Å². The van der Waals surface area contributed by atoms with Gasteiger partial charge in [0.1, 0.15) is 11.5 Å². The molecule has 28 heavy (non-hydrogen) atoms. The van der Waals surface area contributed by atoms with Crippen molar-refractivity contribution in [2.45, 2.75) is 31.7 Å². The number of ether oxygens (including phenoxy) is 2. The third-order valence-corrected chi connectivity index (χ3v) is 5.29. The van der Waals surface area contributed by atoms with E-state index in [1.165, 1.54) is 12.8 Å². The number of benzene rings is 2. The van der Waals surface area contributed by atoms with E-state index < -0.39 is 0 Å². The van der Waals surface area contributed by atoms with Gasteiger partial charge in [-0.1, -0.05) is 30.3 Å². The maximum atomic E-state index is 12.7. The third-order valence-electron chi connectivity index (χ3n) is 5.29. The molecule has 5 heteroatoms. The van der Waals surface area contributed by atoms with E-state index >= 15 is 0 Å². The van der Waals surface area contributed by atoms with Crippen molar-refractivity contribution in [3.63, 3.8) is 0 Å². The topological polar surface area (TPSA) is 50.8 Å². The average molecular weight is 383 g/mol. The molecule has 0 spiro atoms. The zero-order chi connectivity index (χ0) is 19.8. The SMILES string of the molecule is COc1ccc(OC)c(CCC(=O)NC(CN2CCCC2)c2ccccc2)c1. The van der Waals surface area contributed by atoms with Gasteiger partial charge in [0.05, 0.1) is 20.3 Å². The van der Waals surface area contributed by atoms with E-state index in [1.807, 2.05) is 36.4 Å². The summed E-state index contributed by atoms with van der Waals surface area (Å²) in [5.41, 5.74) is 2.13. The lowest BCUT2D eigenvalue weighted by Crippen LogP contribution is -2.37. The minimum atomic E-state index is 0.0130. The highest BCUT2D eigenvalue weighted by Crippen LogP contribution is 2.25. The molecule has 3 rings (SSSR count). The fourth-order valence-corrected chi connectivity index (χ4v) is 3.74. The number of carbonyl (C=O) groups excluding carboxylic acids is 1. The quantitative estimate of drug-likeness (QED) is 0.720. The second-order valence-corrected chi connectivity index (χ2v) is 7.22. The van der Waals surface area contributed by atoms with Crippen LogP contribution in [0.5, 0.6) is 11.5 Å². The van der Waals surface area contributed by atoms with E-state index in [0.717, 1.165) is 42.3 Å². The lowest BCUT2D eigenvalue weighted by atomic mass is 10.0. The molecule has 1 atom stereocenters. The van der Waals surface area contributed by atoms with Crippen molar-refractivity contribution in [2.24, 2.45) is 0 Å². The summed E-state index contributed by atoms with van der Waals surface area (Å²) >= 11 is 0. The average Bonchev–Trinajstić information content (AvgIpc) is 3.25. The number of hydrogen-bond donors (Lipinski definition) is 1. The Hall–Kier alpha value is -2.53. The van der Waals surface area contributed by atoms with Crippen LogP contribution in [0.15, 0.2) is 48.5 Å². The molecule has 1 heterocycles. The van der Waals surface area contributed by atoms with E-state index in [0.29, 0.717) is 12.8 Å². The molecule has 0 radical (unpaired) electrons. The van der Waals surface area contributed by atoms with Gasteiger partial charge in [0.15, 0.2) is 0 Å². The van der Waals surface area contributed by atoms with E-state index in [1.54, 1.807) is 14.2 Å². The molecule has 0 aliphatic carbocycles. The van der Waals surface area contributed by atoms with Crippen molar-refractivity contribution >= 4 is 5.91 Å². The Labute approximate surface area is 167 Å². The fourth-order valence-electron chi connectivity index (χ4n) is 3.74. The first-order valence-corrected chi connectivity index (χ1v) is 9.97. The number of methoxy groups -OCH3 is 2. The van der Waals surface area contributed by atoms with Crippen molar-refractivity contribution in [1.82, 2.24) is 10.2 Å². The molecule has 2 aromatic carbocycles. The zero-order valence-electron chi connectivity index (χ0n) is 16.8. The van der Waals surface area contributed by atoms with Crippen LogP contribution in [0.4, 0.5) is 0 Å². The lowest BCUT2D eigenvalue weighted by Gasteiger charge is -2.25. The summed E-state index contributed by atoms with van der Waals surface area (Å²) < 4.78 is 10.7. The van der Waals surface area contributed by atoms with Crippen molar-refractivity contribution in [3.8, 4) is 11.5 Å². The minimum absolute atomic E-state index is 0.0130. The van der Waals surface area contributed by atoms with E-state index in [2.05, 4.69) is 22.3 Å². The molecule has 0 bridgehead atoms. The van der Waals surface area contributed by atoms with Gasteiger partial charge in [-0.05, 0) is 61.7 Å². The number of carbonyl (C=O) groups is 1. The first-order valence-electron chi connectivity index (χ1n) is 9.97. The molecule has 1 unspecified atom stereocenters. The monoisotopic (exact) mass is 382 g/mol. The summed E-state index contributed by atoms with van der Waals surface area (Å²) in [6, 6.07) is 15.9. The Kier molecular flexibility index (Phi) is 7.31. The standard InChI is InChI=1S/C23H30N2O3/c1-27-20-11-12-22(28-2)19(16-20)10-13-23(26)24-21(17-25-14-6-7-15-25)18-8-4-3-5-9-18/h3-5,8-9,11-12,16,21H,6-7,10,13-15,17H2,1-2H3,(H,24,26). The van der Waals surface area contributed by atoms with E-state index in [9.17, 15) is 4.79 Å². The Bertz CT molecular complexity index is 758. The molecule has 0 aromatic heterocycles. The number of amides is 1. The van der Waals surface area contributed by atoms with Crippen LogP contribution in [0.3, 0.4) is 0 Å². The van der Waals surface area contributed by atoms with Gasteiger partial charge in [-0.3, -0.25) is 4.79 Å². The maximum absolute atomic E-state index is 12.7. The Balaban J connectivity index is 1.63. The van der Waals surface area contributed by atoms with Gasteiger partial charge in [-0.25, -0.2) is 0 Å². The van der Waals surface area contributed by atoms with Gasteiger partial charge in [-0.15, -0.1) is 0 Å². The molecule has 1 amide bonds. The predicted molar refractivity (Wildman–Crippen MR) is 111 cm³/mol. The molecule has 2 aromatic rings. The summed E-state index contributed by atoms with van der Waals surface area (Å²) in [6.45, 7) is 3.08. The van der Waals surface area contributed by atoms with Gasteiger partial charge in [-0.2, -0.15) is 0 Å². The molecule has 0 saturated carbocycles. The molecular weight excluding hydrogens is 352 g/mol. The molecular formula is C23H30N2O3. The lowest BCUT2D eigenvalue weighted by molar-refractivity contribution is -0.121. The first kappa shape index (κ1) is 20.2. The van der Waals surface area contributed by atoms with Crippen LogP contribution in [0.25, 0.3) is 0 Å². The molecule has 1 saturated heterocycles. The minimum Gasteiger partial charge on any atom is -0.497 e. The van der Waals surface area contributed by atoms with Crippen molar-refractivity contribution < 1.29 is 14.3 Å². The van der Waals surface area contributed by atoms with Gasteiger partial charge >= 0.3 is 0 Å². The maximum Gasteiger partial charge on any atom is 0.220 e. The summed E-state index contributed by atoms with van der Waals surface area (Å²) in [5.74, 6) is 1.61. The van der Waals surface area contributed by atoms with Crippen molar-refractivity contribution in [3.05, 3.63) is 59.7 Å². The van der Waals surface area contributed by atoms with Crippen LogP contribution < -0.4 is 14.8 Å². The molecule has 5 nitrogen and oxygen atoms in total. The highest BCUT2D eigenvalue weighted by atomic mass is 16.5. The van der Waals surface area contributed by atoms with Crippen LogP contribution in [0.2, 0.25) is 0 Å². The number of likely N-dealkylation sites (tertiary alicyclic amines) is 1. The largest absolute Gasteiger partial charge is 0.497 e. The molecule has 1 aliphatic heterocycles. The molecule has 1 aliphatic rings. The highest BCUT2D eigenvalue weighted by Gasteiger charge is 2.20. The normalized spacial score (nSPS) is 15.2. The van der Waals surface area contributed by atoms with Crippen LogP contribution >= 0.6 is 0 Å². The Morgan fingerprint density at radius 3 is 2.50 bits per heavy atom. The van der Waals surface area contributed by atoms with Crippen LogP contribution in [0.1, 0.15) is 36.4 Å². The summed E-state index contributed by atoms with van der Waals surface area (Å²) in [4.78, 5) is 15.2. The Morgan fingerprint density at radius 1 is 1.07 bits per heavy atom. The summed E-state index contributed by atoms with van der Waals surface area (Å²) in [6.07, 6.45) is 3.50. The van der Waals surface area contributed by atoms with Gasteiger partial charge in [0, 0.05) is 13.0 Å². The number of nitrogens with zero attached hydrogens (tertiary/aromatic N) is 1. The van der Waals surface area contributed by atoms with E-state index in [-0.39, 0.29) is 11.9 Å². The van der Waals surface area contributed by atoms with Crippen molar-refractivity contribution in [2.75, 3.05) is 33.9 Å². The second-order valence-electron chi connectivity index (χ2n) is 7.22. The number of hydrogen-bond acceptors (Lipinski definition) is 4. The van der Waals surface area contributed by atoms with Crippen molar-refractivity contribution in [1.29, 1.82) is 0 Å². The summed E-state index contributed by atoms with van der Waals surface area (Å²) in [7, 11) is 3.29. The Morgan fingerprint density at radius 2 is 1.82 bits per heavy atom. The van der Waals surface area contributed by atoms with Crippen LogP contribution in [0, 0.1) is 0 Å². The first-order chi connectivity index (χ1) is 13.7. The number of aryl methyl sites for hydroxylation is 1. The second kappa shape index (κ2) is 10.1. The summed E-state index contributed by atoms with van der Waals surface area (Å²) in [5, 5.41) is 3.24. The van der Waals surface area contributed by atoms with Gasteiger partial charge in [0.25, 0.3) is 0 Å². The third kappa shape index (κ3) is 5.49. The molecule has 1 N–H and O–H groups in total. The predicted octanol–water partition coefficient (Wildman–Crippen LogP) is 3.59. The molecule has 150 valence electrons. The van der Waals surface area contributed by atoms with Crippen LogP contribution in [-0.4, -0.2) is 44.7 Å².